The Morgan fingerprint density at radius 3 is 2.55 bits per heavy atom. The minimum absolute atomic E-state index is 0.458. The van der Waals surface area contributed by atoms with Gasteiger partial charge in [0.15, 0.2) is 0 Å². The van der Waals surface area contributed by atoms with E-state index in [0.29, 0.717) is 16.4 Å². The third-order valence-electron chi connectivity index (χ3n) is 1.44. The highest BCUT2D eigenvalue weighted by atomic mass is 127. The van der Waals surface area contributed by atoms with Crippen molar-refractivity contribution in [2.75, 3.05) is 11.5 Å². The van der Waals surface area contributed by atoms with Gasteiger partial charge in [-0.2, -0.15) is 0 Å². The predicted molar refractivity (Wildman–Crippen MR) is 57.7 cm³/mol. The van der Waals surface area contributed by atoms with Gasteiger partial charge in [0, 0.05) is 3.57 Å². The quantitative estimate of drug-likeness (QED) is 0.567. The Morgan fingerprint density at radius 1 is 1.45 bits per heavy atom. The zero-order chi connectivity index (χ0) is 8.59. The van der Waals surface area contributed by atoms with Crippen LogP contribution in [0.5, 0.6) is 0 Å². The number of aryl methyl sites for hydroxylation is 1. The van der Waals surface area contributed by atoms with E-state index in [1.807, 2.05) is 13.0 Å². The molecule has 0 atom stereocenters. The topological polar surface area (TPSA) is 52.0 Å². The second-order valence-electron chi connectivity index (χ2n) is 2.32. The smallest absolute Gasteiger partial charge is 0.0875 e. The van der Waals surface area contributed by atoms with E-state index in [1.54, 1.807) is 0 Å². The van der Waals surface area contributed by atoms with Gasteiger partial charge in [0.05, 0.1) is 16.4 Å². The molecule has 4 N–H and O–H groups in total. The van der Waals surface area contributed by atoms with Crippen molar-refractivity contribution in [2.24, 2.45) is 0 Å². The van der Waals surface area contributed by atoms with Gasteiger partial charge in [0.25, 0.3) is 0 Å². The van der Waals surface area contributed by atoms with E-state index in [1.165, 1.54) is 0 Å². The van der Waals surface area contributed by atoms with Crippen LogP contribution in [0, 0.1) is 10.5 Å². The molecule has 0 saturated carbocycles. The highest BCUT2D eigenvalue weighted by Gasteiger charge is 2.07. The first-order valence-electron chi connectivity index (χ1n) is 3.03. The number of nitrogen functional groups attached to an aromatic ring is 2. The van der Waals surface area contributed by atoms with E-state index in [9.17, 15) is 0 Å². The van der Waals surface area contributed by atoms with Gasteiger partial charge >= 0.3 is 0 Å². The van der Waals surface area contributed by atoms with Crippen LogP contribution in [-0.4, -0.2) is 0 Å². The molecule has 1 rings (SSSR count). The molecule has 0 amide bonds. The Labute approximate surface area is 84.0 Å². The summed E-state index contributed by atoms with van der Waals surface area (Å²) in [7, 11) is 0. The van der Waals surface area contributed by atoms with Gasteiger partial charge in [-0.25, -0.2) is 0 Å². The summed E-state index contributed by atoms with van der Waals surface area (Å²) < 4.78 is 0.974. The zero-order valence-electron chi connectivity index (χ0n) is 5.99. The van der Waals surface area contributed by atoms with Crippen LogP contribution in [-0.2, 0) is 0 Å². The Morgan fingerprint density at radius 2 is 2.00 bits per heavy atom. The van der Waals surface area contributed by atoms with Gasteiger partial charge < -0.3 is 11.5 Å². The van der Waals surface area contributed by atoms with Crippen LogP contribution in [0.2, 0.25) is 5.02 Å². The maximum absolute atomic E-state index is 5.80. The van der Waals surface area contributed by atoms with Crippen LogP contribution in [0.3, 0.4) is 0 Å². The lowest BCUT2D eigenvalue weighted by molar-refractivity contribution is 1.43. The first kappa shape index (κ1) is 8.93. The van der Waals surface area contributed by atoms with E-state index >= 15 is 0 Å². The second kappa shape index (κ2) is 3.06. The molecule has 2 nitrogen and oxygen atoms in total. The molecule has 11 heavy (non-hydrogen) atoms. The average Bonchev–Trinajstić information content (AvgIpc) is 1.97. The minimum atomic E-state index is 0.458. The van der Waals surface area contributed by atoms with E-state index < -0.39 is 0 Å². The molecule has 1 aromatic rings. The maximum Gasteiger partial charge on any atom is 0.0875 e. The van der Waals surface area contributed by atoms with E-state index in [-0.39, 0.29) is 0 Å². The lowest BCUT2D eigenvalue weighted by Gasteiger charge is -2.07. The number of hydrogen-bond acceptors (Lipinski definition) is 2. The monoisotopic (exact) mass is 282 g/mol. The van der Waals surface area contributed by atoms with Crippen LogP contribution in [0.15, 0.2) is 6.07 Å². The molecule has 1 aromatic carbocycles. The molecule has 0 aliphatic heterocycles. The fourth-order valence-corrected chi connectivity index (χ4v) is 1.56. The van der Waals surface area contributed by atoms with Crippen molar-refractivity contribution in [3.05, 3.63) is 20.2 Å². The van der Waals surface area contributed by atoms with Gasteiger partial charge in [-0.3, -0.25) is 0 Å². The van der Waals surface area contributed by atoms with Crippen molar-refractivity contribution >= 4 is 45.6 Å². The molecule has 60 valence electrons. The molecule has 4 heteroatoms. The van der Waals surface area contributed by atoms with Crippen LogP contribution in [0.4, 0.5) is 11.4 Å². The number of anilines is 2. The van der Waals surface area contributed by atoms with Gasteiger partial charge in [-0.05, 0) is 41.1 Å². The lowest BCUT2D eigenvalue weighted by Crippen LogP contribution is -1.97. The Hall–Kier alpha value is -0.160. The molecule has 0 spiro atoms. The molecule has 0 unspecified atom stereocenters. The SMILES string of the molecule is Cc1cc(N)c(Cl)c(N)c1I. The Kier molecular flexibility index (Phi) is 2.49. The van der Waals surface area contributed by atoms with Crippen molar-refractivity contribution < 1.29 is 0 Å². The summed E-state index contributed by atoms with van der Waals surface area (Å²) in [5.41, 5.74) is 13.4. The molecule has 0 radical (unpaired) electrons. The zero-order valence-corrected chi connectivity index (χ0v) is 8.90. The fraction of sp³-hybridized carbons (Fsp3) is 0.143. The summed E-state index contributed by atoms with van der Waals surface area (Å²) in [5.74, 6) is 0. The summed E-state index contributed by atoms with van der Waals surface area (Å²) in [6.45, 7) is 1.95. The predicted octanol–water partition coefficient (Wildman–Crippen LogP) is 2.42. The number of hydrogen-bond donors (Lipinski definition) is 2. The van der Waals surface area contributed by atoms with Crippen LogP contribution in [0.1, 0.15) is 5.56 Å². The minimum Gasteiger partial charge on any atom is -0.397 e. The third kappa shape index (κ3) is 1.54. The van der Waals surface area contributed by atoms with Crippen LogP contribution in [0.25, 0.3) is 0 Å². The number of halogens is 2. The molecule has 0 heterocycles. The second-order valence-corrected chi connectivity index (χ2v) is 3.78. The Balaban J connectivity index is 3.46. The maximum atomic E-state index is 5.80. The lowest BCUT2D eigenvalue weighted by atomic mass is 10.2. The largest absolute Gasteiger partial charge is 0.397 e. The normalized spacial score (nSPS) is 10.1. The van der Waals surface area contributed by atoms with Crippen LogP contribution < -0.4 is 11.5 Å². The molecular formula is C7H8ClIN2. The number of nitrogens with two attached hydrogens (primary N) is 2. The van der Waals surface area contributed by atoms with Crippen molar-refractivity contribution in [3.63, 3.8) is 0 Å². The first-order chi connectivity index (χ1) is 5.04. The van der Waals surface area contributed by atoms with Gasteiger partial charge in [-0.15, -0.1) is 0 Å². The average molecular weight is 283 g/mol. The summed E-state index contributed by atoms with van der Waals surface area (Å²) >= 11 is 7.95. The molecule has 0 saturated heterocycles. The number of benzene rings is 1. The first-order valence-corrected chi connectivity index (χ1v) is 4.49. The summed E-state index contributed by atoms with van der Waals surface area (Å²) in [5, 5.41) is 0.458. The molecule has 0 aliphatic rings. The molecule has 0 aliphatic carbocycles. The highest BCUT2D eigenvalue weighted by molar-refractivity contribution is 14.1. The van der Waals surface area contributed by atoms with Crippen molar-refractivity contribution in [1.29, 1.82) is 0 Å². The summed E-state index contributed by atoms with van der Waals surface area (Å²) in [6, 6.07) is 1.82. The van der Waals surface area contributed by atoms with Crippen molar-refractivity contribution in [1.82, 2.24) is 0 Å². The third-order valence-corrected chi connectivity index (χ3v) is 3.30. The molecular weight excluding hydrogens is 274 g/mol. The van der Waals surface area contributed by atoms with E-state index in [0.717, 1.165) is 9.13 Å². The van der Waals surface area contributed by atoms with E-state index in [4.69, 9.17) is 23.1 Å². The van der Waals surface area contributed by atoms with Gasteiger partial charge in [-0.1, -0.05) is 11.6 Å². The van der Waals surface area contributed by atoms with Crippen molar-refractivity contribution in [2.45, 2.75) is 6.92 Å². The highest BCUT2D eigenvalue weighted by Crippen LogP contribution is 2.32. The van der Waals surface area contributed by atoms with Gasteiger partial charge in [0.1, 0.15) is 0 Å². The standard InChI is InChI=1S/C7H8ClIN2/c1-3-2-4(10)5(8)7(11)6(3)9/h2H,10-11H2,1H3. The molecule has 0 bridgehead atoms. The Bertz CT molecular complexity index is 273. The fourth-order valence-electron chi connectivity index (χ4n) is 0.824. The number of rotatable bonds is 0. The molecule has 0 fully saturated rings. The summed E-state index contributed by atoms with van der Waals surface area (Å²) in [4.78, 5) is 0. The van der Waals surface area contributed by atoms with Crippen molar-refractivity contribution in [3.8, 4) is 0 Å². The van der Waals surface area contributed by atoms with E-state index in [2.05, 4.69) is 22.6 Å². The van der Waals surface area contributed by atoms with Gasteiger partial charge in [0.2, 0.25) is 0 Å². The molecule has 0 aromatic heterocycles. The van der Waals surface area contributed by atoms with Crippen LogP contribution >= 0.6 is 34.2 Å². The summed E-state index contributed by atoms with van der Waals surface area (Å²) in [6.07, 6.45) is 0.